The first-order valence-electron chi connectivity index (χ1n) is 9.38. The van der Waals surface area contributed by atoms with Gasteiger partial charge in [0.25, 0.3) is 0 Å². The number of aromatic amines is 1. The van der Waals surface area contributed by atoms with Gasteiger partial charge in [0.2, 0.25) is 0 Å². The highest BCUT2D eigenvalue weighted by Crippen LogP contribution is 2.22. The quantitative estimate of drug-likeness (QED) is 0.385. The van der Waals surface area contributed by atoms with Crippen LogP contribution in [0.4, 0.5) is 4.39 Å². The average Bonchev–Trinajstić information content (AvgIpc) is 3.36. The predicted octanol–water partition coefficient (Wildman–Crippen LogP) is 4.07. The molecular weight excluding hydrogens is 387 g/mol. The molecule has 2 heterocycles. The van der Waals surface area contributed by atoms with Gasteiger partial charge in [-0.25, -0.2) is 13.9 Å². The number of aromatic nitrogens is 4. The Kier molecular flexibility index (Phi) is 5.14. The number of rotatable bonds is 6. The molecule has 0 aliphatic rings. The second kappa shape index (κ2) is 7.90. The number of nitrogens with zero attached hydrogens (tertiary/aromatic N) is 3. The van der Waals surface area contributed by atoms with Crippen molar-refractivity contribution < 1.29 is 18.7 Å². The molecule has 30 heavy (non-hydrogen) atoms. The standard InChI is InChI=1S/C22H19FN4O3/c1-13(28)19-10-24-20-9-16(5-8-18(19)20)22(29)30-14(2)21-12-27(26-25-21)11-15-3-6-17(23)7-4-15/h3-10,12,14,24H,11H2,1-2H3. The largest absolute Gasteiger partial charge is 0.452 e. The first-order valence-corrected chi connectivity index (χ1v) is 9.38. The average molecular weight is 406 g/mol. The summed E-state index contributed by atoms with van der Waals surface area (Å²) in [6, 6.07) is 11.1. The normalized spacial score (nSPS) is 12.1. The maximum Gasteiger partial charge on any atom is 0.338 e. The second-order valence-electron chi connectivity index (χ2n) is 7.03. The lowest BCUT2D eigenvalue weighted by Crippen LogP contribution is -2.09. The number of nitrogens with one attached hydrogen (secondary N) is 1. The Balaban J connectivity index is 1.44. The maximum absolute atomic E-state index is 13.0. The molecule has 0 aliphatic carbocycles. The van der Waals surface area contributed by atoms with Crippen molar-refractivity contribution in [3.8, 4) is 0 Å². The Morgan fingerprint density at radius 1 is 1.20 bits per heavy atom. The van der Waals surface area contributed by atoms with E-state index >= 15 is 0 Å². The fourth-order valence-corrected chi connectivity index (χ4v) is 3.19. The van der Waals surface area contributed by atoms with E-state index in [0.29, 0.717) is 28.9 Å². The van der Waals surface area contributed by atoms with Gasteiger partial charge in [0.15, 0.2) is 5.78 Å². The third-order valence-corrected chi connectivity index (χ3v) is 4.81. The van der Waals surface area contributed by atoms with Gasteiger partial charge in [-0.2, -0.15) is 0 Å². The highest BCUT2D eigenvalue weighted by atomic mass is 19.1. The van der Waals surface area contributed by atoms with E-state index in [2.05, 4.69) is 15.3 Å². The SMILES string of the molecule is CC(=O)c1c[nH]c2cc(C(=O)OC(C)c3cn(Cc4ccc(F)cc4)nn3)ccc12. The van der Waals surface area contributed by atoms with E-state index in [9.17, 15) is 14.0 Å². The van der Waals surface area contributed by atoms with Gasteiger partial charge in [-0.3, -0.25) is 4.79 Å². The van der Waals surface area contributed by atoms with E-state index in [1.165, 1.54) is 19.1 Å². The van der Waals surface area contributed by atoms with Crippen LogP contribution in [0.2, 0.25) is 0 Å². The molecule has 1 atom stereocenters. The zero-order valence-corrected chi connectivity index (χ0v) is 16.4. The molecule has 0 saturated carbocycles. The predicted molar refractivity (Wildman–Crippen MR) is 108 cm³/mol. The lowest BCUT2D eigenvalue weighted by Gasteiger charge is -2.10. The molecule has 0 radical (unpaired) electrons. The number of esters is 1. The van der Waals surface area contributed by atoms with Gasteiger partial charge in [0, 0.05) is 22.7 Å². The zero-order valence-electron chi connectivity index (χ0n) is 16.4. The molecule has 0 fully saturated rings. The van der Waals surface area contributed by atoms with Crippen LogP contribution in [0.3, 0.4) is 0 Å². The molecule has 1 unspecified atom stereocenters. The third kappa shape index (κ3) is 3.98. The first kappa shape index (κ1) is 19.5. The zero-order chi connectivity index (χ0) is 21.3. The molecule has 0 spiro atoms. The number of fused-ring (bicyclic) bond motifs is 1. The van der Waals surface area contributed by atoms with Crippen LogP contribution in [0.1, 0.15) is 51.9 Å². The number of benzene rings is 2. The number of ketones is 1. The van der Waals surface area contributed by atoms with Gasteiger partial charge >= 0.3 is 5.97 Å². The van der Waals surface area contributed by atoms with Crippen LogP contribution < -0.4 is 0 Å². The lowest BCUT2D eigenvalue weighted by molar-refractivity contribution is 0.0329. The van der Waals surface area contributed by atoms with E-state index in [1.807, 2.05) is 0 Å². The van der Waals surface area contributed by atoms with Crippen LogP contribution in [0.15, 0.2) is 54.9 Å². The molecule has 4 rings (SSSR count). The van der Waals surface area contributed by atoms with Crippen molar-refractivity contribution in [2.45, 2.75) is 26.5 Å². The molecule has 1 N–H and O–H groups in total. The smallest absolute Gasteiger partial charge is 0.338 e. The monoisotopic (exact) mass is 406 g/mol. The molecular formula is C22H19FN4O3. The summed E-state index contributed by atoms with van der Waals surface area (Å²) < 4.78 is 20.1. The number of H-pyrrole nitrogens is 1. The van der Waals surface area contributed by atoms with Crippen LogP contribution in [0.5, 0.6) is 0 Å². The lowest BCUT2D eigenvalue weighted by atomic mass is 10.1. The molecule has 8 heteroatoms. The Morgan fingerprint density at radius 3 is 2.70 bits per heavy atom. The number of hydrogen-bond donors (Lipinski definition) is 1. The first-order chi connectivity index (χ1) is 14.4. The Bertz CT molecular complexity index is 1230. The molecule has 0 amide bonds. The van der Waals surface area contributed by atoms with Gasteiger partial charge < -0.3 is 9.72 Å². The van der Waals surface area contributed by atoms with E-state index < -0.39 is 12.1 Å². The van der Waals surface area contributed by atoms with E-state index in [-0.39, 0.29) is 11.6 Å². The van der Waals surface area contributed by atoms with Crippen molar-refractivity contribution in [1.82, 2.24) is 20.0 Å². The molecule has 0 aliphatic heterocycles. The van der Waals surface area contributed by atoms with Gasteiger partial charge in [-0.05, 0) is 43.7 Å². The van der Waals surface area contributed by atoms with Crippen LogP contribution in [-0.4, -0.2) is 31.7 Å². The van der Waals surface area contributed by atoms with Gasteiger partial charge in [-0.15, -0.1) is 5.10 Å². The van der Waals surface area contributed by atoms with Crippen molar-refractivity contribution in [3.05, 3.63) is 83.1 Å². The Labute approximate surface area is 171 Å². The fourth-order valence-electron chi connectivity index (χ4n) is 3.19. The minimum atomic E-state index is -0.605. The van der Waals surface area contributed by atoms with Crippen molar-refractivity contribution in [2.75, 3.05) is 0 Å². The minimum absolute atomic E-state index is 0.0473. The number of Topliss-reactive ketones (excluding diaryl/α,β-unsaturated/α-hetero) is 1. The number of carbonyl (C=O) groups excluding carboxylic acids is 2. The van der Waals surface area contributed by atoms with Gasteiger partial charge in [0.05, 0.1) is 18.3 Å². The fraction of sp³-hybridized carbons (Fsp3) is 0.182. The van der Waals surface area contributed by atoms with Crippen LogP contribution >= 0.6 is 0 Å². The highest BCUT2D eigenvalue weighted by molar-refractivity contribution is 6.07. The summed E-state index contributed by atoms with van der Waals surface area (Å²) in [6.07, 6.45) is 2.71. The van der Waals surface area contributed by atoms with E-state index in [1.54, 1.807) is 54.3 Å². The molecule has 2 aromatic carbocycles. The molecule has 0 bridgehead atoms. The van der Waals surface area contributed by atoms with Crippen LogP contribution in [-0.2, 0) is 11.3 Å². The summed E-state index contributed by atoms with van der Waals surface area (Å²) in [6.45, 7) is 3.64. The number of ether oxygens (including phenoxy) is 1. The third-order valence-electron chi connectivity index (χ3n) is 4.81. The molecule has 0 saturated heterocycles. The van der Waals surface area contributed by atoms with E-state index in [4.69, 9.17) is 4.74 Å². The summed E-state index contributed by atoms with van der Waals surface area (Å²) in [5, 5.41) is 8.87. The number of hydrogen-bond acceptors (Lipinski definition) is 5. The number of carbonyl (C=O) groups is 2. The van der Waals surface area contributed by atoms with Crippen LogP contribution in [0.25, 0.3) is 10.9 Å². The molecule has 2 aromatic heterocycles. The summed E-state index contributed by atoms with van der Waals surface area (Å²) in [5.74, 6) is -0.848. The summed E-state index contributed by atoms with van der Waals surface area (Å²) in [4.78, 5) is 27.2. The van der Waals surface area contributed by atoms with Crippen molar-refractivity contribution in [2.24, 2.45) is 0 Å². The summed E-state index contributed by atoms with van der Waals surface area (Å²) in [5.41, 5.74) is 3.01. The van der Waals surface area contributed by atoms with E-state index in [0.717, 1.165) is 10.9 Å². The van der Waals surface area contributed by atoms with Crippen molar-refractivity contribution in [3.63, 3.8) is 0 Å². The molecule has 7 nitrogen and oxygen atoms in total. The topological polar surface area (TPSA) is 89.9 Å². The Hall–Kier alpha value is -3.81. The maximum atomic E-state index is 13.0. The summed E-state index contributed by atoms with van der Waals surface area (Å²) in [7, 11) is 0. The van der Waals surface area contributed by atoms with Gasteiger partial charge in [-0.1, -0.05) is 23.4 Å². The second-order valence-corrected chi connectivity index (χ2v) is 7.03. The van der Waals surface area contributed by atoms with Gasteiger partial charge in [0.1, 0.15) is 17.6 Å². The molecule has 152 valence electrons. The van der Waals surface area contributed by atoms with Crippen LogP contribution in [0, 0.1) is 5.82 Å². The summed E-state index contributed by atoms with van der Waals surface area (Å²) >= 11 is 0. The molecule has 4 aromatic rings. The van der Waals surface area contributed by atoms with Crippen molar-refractivity contribution in [1.29, 1.82) is 0 Å². The van der Waals surface area contributed by atoms with Crippen molar-refractivity contribution >= 4 is 22.7 Å². The minimum Gasteiger partial charge on any atom is -0.452 e. The highest BCUT2D eigenvalue weighted by Gasteiger charge is 2.18. The Morgan fingerprint density at radius 2 is 1.97 bits per heavy atom. The number of halogens is 1.